The molecule has 2 aromatic heterocycles. The van der Waals surface area contributed by atoms with Gasteiger partial charge < -0.3 is 14.5 Å². The number of nitrogens with one attached hydrogen (secondary N) is 2. The van der Waals surface area contributed by atoms with Crippen molar-refractivity contribution in [3.8, 4) is 5.75 Å². The number of benzene rings is 1. The molecule has 2 heterocycles. The van der Waals surface area contributed by atoms with Crippen LogP contribution in [0.15, 0.2) is 40.8 Å². The molecular weight excluding hydrogens is 387 g/mol. The van der Waals surface area contributed by atoms with Crippen molar-refractivity contribution in [2.24, 2.45) is 0 Å². The van der Waals surface area contributed by atoms with Crippen LogP contribution in [0.5, 0.6) is 5.75 Å². The topological polar surface area (TPSA) is 80.2 Å². The molecule has 154 valence electrons. The first-order valence-corrected chi connectivity index (χ1v) is 8.90. The SMILES string of the molecule is Cc1[nH]nc(C(F)(F)F)c1NC(=O)c1ccc(COc2ccc(C(C)C)cc2)o1. The third-order valence-corrected chi connectivity index (χ3v) is 4.27. The Bertz CT molecular complexity index is 989. The maximum absolute atomic E-state index is 13.0. The molecule has 2 N–H and O–H groups in total. The zero-order valence-electron chi connectivity index (χ0n) is 16.1. The minimum absolute atomic E-state index is 0.0762. The summed E-state index contributed by atoms with van der Waals surface area (Å²) in [6.07, 6.45) is -4.69. The number of ether oxygens (including phenoxy) is 1. The number of hydrogen-bond acceptors (Lipinski definition) is 4. The fourth-order valence-corrected chi connectivity index (χ4v) is 2.64. The van der Waals surface area contributed by atoms with Gasteiger partial charge in [-0.2, -0.15) is 18.3 Å². The van der Waals surface area contributed by atoms with E-state index in [-0.39, 0.29) is 18.1 Å². The van der Waals surface area contributed by atoms with E-state index in [1.165, 1.54) is 24.6 Å². The molecule has 3 rings (SSSR count). The monoisotopic (exact) mass is 407 g/mol. The predicted octanol–water partition coefficient (Wildman–Crippen LogP) is 5.28. The zero-order chi connectivity index (χ0) is 21.2. The maximum Gasteiger partial charge on any atom is 0.437 e. The Morgan fingerprint density at radius 2 is 1.90 bits per heavy atom. The van der Waals surface area contributed by atoms with Gasteiger partial charge in [-0.3, -0.25) is 9.89 Å². The summed E-state index contributed by atoms with van der Waals surface area (Å²) in [6, 6.07) is 10.5. The molecule has 0 aliphatic carbocycles. The Labute approximate surface area is 165 Å². The van der Waals surface area contributed by atoms with Crippen LogP contribution in [0.4, 0.5) is 18.9 Å². The minimum Gasteiger partial charge on any atom is -0.486 e. The second-order valence-corrected chi connectivity index (χ2v) is 6.80. The third-order valence-electron chi connectivity index (χ3n) is 4.27. The van der Waals surface area contributed by atoms with Crippen molar-refractivity contribution in [1.29, 1.82) is 0 Å². The summed E-state index contributed by atoms with van der Waals surface area (Å²) in [7, 11) is 0. The van der Waals surface area contributed by atoms with Gasteiger partial charge in [-0.15, -0.1) is 0 Å². The van der Waals surface area contributed by atoms with E-state index in [1.54, 1.807) is 0 Å². The lowest BCUT2D eigenvalue weighted by Gasteiger charge is -2.08. The fourth-order valence-electron chi connectivity index (χ4n) is 2.64. The number of carbonyl (C=O) groups excluding carboxylic acids is 1. The Kier molecular flexibility index (Phi) is 5.67. The van der Waals surface area contributed by atoms with E-state index in [0.717, 1.165) is 0 Å². The second-order valence-electron chi connectivity index (χ2n) is 6.80. The van der Waals surface area contributed by atoms with E-state index in [4.69, 9.17) is 9.15 Å². The van der Waals surface area contributed by atoms with Gasteiger partial charge in [0.1, 0.15) is 18.1 Å². The highest BCUT2D eigenvalue weighted by Gasteiger charge is 2.38. The normalized spacial score (nSPS) is 11.7. The van der Waals surface area contributed by atoms with Gasteiger partial charge in [-0.25, -0.2) is 0 Å². The van der Waals surface area contributed by atoms with E-state index in [1.807, 2.05) is 24.3 Å². The van der Waals surface area contributed by atoms with Crippen LogP contribution < -0.4 is 10.1 Å². The summed E-state index contributed by atoms with van der Waals surface area (Å²) in [5.74, 6) is 0.468. The van der Waals surface area contributed by atoms with E-state index in [0.29, 0.717) is 17.4 Å². The first kappa shape index (κ1) is 20.5. The van der Waals surface area contributed by atoms with Crippen LogP contribution in [-0.4, -0.2) is 16.1 Å². The quantitative estimate of drug-likeness (QED) is 0.582. The van der Waals surface area contributed by atoms with Crippen LogP contribution in [0.25, 0.3) is 0 Å². The van der Waals surface area contributed by atoms with E-state index in [9.17, 15) is 18.0 Å². The standard InChI is InChI=1S/C20H20F3N3O3/c1-11(2)13-4-6-14(7-5-13)28-10-15-8-9-16(29-15)19(27)24-17-12(3)25-26-18(17)20(21,22)23/h4-9,11H,10H2,1-3H3,(H,24,27)(H,25,26). The number of aromatic amines is 1. The molecular formula is C20H20F3N3O3. The van der Waals surface area contributed by atoms with Crippen LogP contribution in [0, 0.1) is 6.92 Å². The van der Waals surface area contributed by atoms with Gasteiger partial charge in [-0.05, 0) is 42.7 Å². The van der Waals surface area contributed by atoms with Crippen molar-refractivity contribution in [2.75, 3.05) is 5.32 Å². The number of aryl methyl sites for hydroxylation is 1. The third kappa shape index (κ3) is 4.79. The Hall–Kier alpha value is -3.23. The van der Waals surface area contributed by atoms with Crippen LogP contribution in [-0.2, 0) is 12.8 Å². The number of amides is 1. The first-order valence-electron chi connectivity index (χ1n) is 8.90. The highest BCUT2D eigenvalue weighted by atomic mass is 19.4. The number of carbonyl (C=O) groups is 1. The summed E-state index contributed by atoms with van der Waals surface area (Å²) < 4.78 is 49.9. The smallest absolute Gasteiger partial charge is 0.437 e. The number of aromatic nitrogens is 2. The number of alkyl halides is 3. The van der Waals surface area contributed by atoms with Gasteiger partial charge in [0.05, 0.1) is 11.4 Å². The second kappa shape index (κ2) is 8.02. The van der Waals surface area contributed by atoms with Gasteiger partial charge in [-0.1, -0.05) is 26.0 Å². The van der Waals surface area contributed by atoms with Crippen molar-refractivity contribution in [3.05, 3.63) is 64.9 Å². The molecule has 0 radical (unpaired) electrons. The van der Waals surface area contributed by atoms with E-state index in [2.05, 4.69) is 29.4 Å². The number of nitrogens with zero attached hydrogens (tertiary/aromatic N) is 1. The van der Waals surface area contributed by atoms with Gasteiger partial charge in [0, 0.05) is 0 Å². The van der Waals surface area contributed by atoms with Crippen LogP contribution in [0.2, 0.25) is 0 Å². The average Bonchev–Trinajstić information content (AvgIpc) is 3.27. The molecule has 6 nitrogen and oxygen atoms in total. The highest BCUT2D eigenvalue weighted by Crippen LogP contribution is 2.34. The van der Waals surface area contributed by atoms with Gasteiger partial charge in [0.25, 0.3) is 5.91 Å². The van der Waals surface area contributed by atoms with E-state index < -0.39 is 23.5 Å². The predicted molar refractivity (Wildman–Crippen MR) is 99.9 cm³/mol. The number of halogens is 3. The van der Waals surface area contributed by atoms with Crippen LogP contribution in [0.1, 0.15) is 53.0 Å². The van der Waals surface area contributed by atoms with Crippen molar-refractivity contribution in [2.45, 2.75) is 39.5 Å². The van der Waals surface area contributed by atoms with Crippen molar-refractivity contribution in [1.82, 2.24) is 10.2 Å². The lowest BCUT2D eigenvalue weighted by Crippen LogP contribution is -2.16. The van der Waals surface area contributed by atoms with Crippen LogP contribution >= 0.6 is 0 Å². The molecule has 0 saturated heterocycles. The van der Waals surface area contributed by atoms with Crippen LogP contribution in [0.3, 0.4) is 0 Å². The summed E-state index contributed by atoms with van der Waals surface area (Å²) in [5.41, 5.74) is -0.349. The molecule has 0 saturated carbocycles. The number of H-pyrrole nitrogens is 1. The molecule has 1 amide bonds. The summed E-state index contributed by atoms with van der Waals surface area (Å²) in [5, 5.41) is 7.62. The molecule has 9 heteroatoms. The van der Waals surface area contributed by atoms with Gasteiger partial charge >= 0.3 is 6.18 Å². The van der Waals surface area contributed by atoms with E-state index >= 15 is 0 Å². The van der Waals surface area contributed by atoms with Gasteiger partial charge in [0.2, 0.25) is 0 Å². The molecule has 3 aromatic rings. The number of anilines is 1. The highest BCUT2D eigenvalue weighted by molar-refractivity contribution is 6.03. The molecule has 0 aliphatic rings. The number of furan rings is 1. The zero-order valence-corrected chi connectivity index (χ0v) is 16.1. The first-order chi connectivity index (χ1) is 13.6. The number of rotatable bonds is 6. The molecule has 29 heavy (non-hydrogen) atoms. The molecule has 1 aromatic carbocycles. The Morgan fingerprint density at radius 1 is 1.21 bits per heavy atom. The van der Waals surface area contributed by atoms with Crippen molar-refractivity contribution >= 4 is 11.6 Å². The molecule has 0 unspecified atom stereocenters. The van der Waals surface area contributed by atoms with Gasteiger partial charge in [0.15, 0.2) is 11.5 Å². The Balaban J connectivity index is 1.64. The Morgan fingerprint density at radius 3 is 2.52 bits per heavy atom. The largest absolute Gasteiger partial charge is 0.486 e. The molecule has 0 aliphatic heterocycles. The minimum atomic E-state index is -4.69. The lowest BCUT2D eigenvalue weighted by atomic mass is 10.0. The summed E-state index contributed by atoms with van der Waals surface area (Å²) >= 11 is 0. The molecule has 0 fully saturated rings. The fraction of sp³-hybridized carbons (Fsp3) is 0.300. The maximum atomic E-state index is 13.0. The lowest BCUT2D eigenvalue weighted by molar-refractivity contribution is -0.140. The van der Waals surface area contributed by atoms with Crippen molar-refractivity contribution in [3.63, 3.8) is 0 Å². The summed E-state index contributed by atoms with van der Waals surface area (Å²) in [6.45, 7) is 5.64. The average molecular weight is 407 g/mol. The molecule has 0 spiro atoms. The number of hydrogen-bond donors (Lipinski definition) is 2. The van der Waals surface area contributed by atoms with Crippen molar-refractivity contribution < 1.29 is 27.1 Å². The molecule has 0 bridgehead atoms. The molecule has 0 atom stereocenters. The summed E-state index contributed by atoms with van der Waals surface area (Å²) in [4.78, 5) is 12.3.